The Kier molecular flexibility index (Phi) is 4.88. The number of halogens is 2. The molecule has 0 heterocycles. The van der Waals surface area contributed by atoms with Crippen molar-refractivity contribution < 1.29 is 14.3 Å². The molecule has 0 aliphatic rings. The summed E-state index contributed by atoms with van der Waals surface area (Å²) < 4.78 is 10.1. The molecule has 0 saturated heterocycles. The molecule has 0 amide bonds. The van der Waals surface area contributed by atoms with Crippen molar-refractivity contribution in [3.05, 3.63) is 28.8 Å². The van der Waals surface area contributed by atoms with E-state index in [9.17, 15) is 4.79 Å². The molecule has 0 radical (unpaired) electrons. The number of benzene rings is 1. The van der Waals surface area contributed by atoms with E-state index < -0.39 is 5.24 Å². The van der Waals surface area contributed by atoms with Crippen LogP contribution in [0.5, 0.6) is 5.75 Å². The van der Waals surface area contributed by atoms with Gasteiger partial charge >= 0.3 is 0 Å². The fourth-order valence-corrected chi connectivity index (χ4v) is 1.34. The molecule has 5 heteroatoms. The van der Waals surface area contributed by atoms with Crippen LogP contribution in [-0.4, -0.2) is 25.6 Å². The molecule has 0 aliphatic heterocycles. The summed E-state index contributed by atoms with van der Waals surface area (Å²) >= 11 is 11.1. The quantitative estimate of drug-likeness (QED) is 0.594. The number of rotatable bonds is 5. The summed E-state index contributed by atoms with van der Waals surface area (Å²) in [7, 11) is 1.57. The number of ether oxygens (including phenoxy) is 2. The maximum absolute atomic E-state index is 11.0. The summed E-state index contributed by atoms with van der Waals surface area (Å²) in [5, 5.41) is -0.150. The molecule has 0 unspecified atom stereocenters. The summed E-state index contributed by atoms with van der Waals surface area (Å²) in [6.07, 6.45) is 0. The minimum absolute atomic E-state index is 0.264. The molecular formula is C10H10Cl2O3. The van der Waals surface area contributed by atoms with Gasteiger partial charge in [0.2, 0.25) is 0 Å². The van der Waals surface area contributed by atoms with Crippen LogP contribution in [0.3, 0.4) is 0 Å². The molecule has 15 heavy (non-hydrogen) atoms. The van der Waals surface area contributed by atoms with Gasteiger partial charge in [-0.3, -0.25) is 4.79 Å². The van der Waals surface area contributed by atoms with Gasteiger partial charge in [-0.2, -0.15) is 0 Å². The van der Waals surface area contributed by atoms with E-state index in [0.717, 1.165) is 0 Å². The molecule has 3 nitrogen and oxygen atoms in total. The van der Waals surface area contributed by atoms with E-state index in [1.807, 2.05) is 0 Å². The molecule has 1 rings (SSSR count). The van der Waals surface area contributed by atoms with Crippen molar-refractivity contribution in [3.8, 4) is 5.75 Å². The predicted octanol–water partition coefficient (Wildman–Crippen LogP) is 2.74. The number of carbonyl (C=O) groups is 1. The fraction of sp³-hybridized carbons (Fsp3) is 0.300. The average molecular weight is 249 g/mol. The van der Waals surface area contributed by atoms with Crippen molar-refractivity contribution in [2.45, 2.75) is 0 Å². The lowest BCUT2D eigenvalue weighted by Gasteiger charge is -2.08. The third-order valence-corrected chi connectivity index (χ3v) is 2.14. The Morgan fingerprint density at radius 3 is 2.73 bits per heavy atom. The Morgan fingerprint density at radius 2 is 2.13 bits per heavy atom. The van der Waals surface area contributed by atoms with Gasteiger partial charge in [0, 0.05) is 12.1 Å². The van der Waals surface area contributed by atoms with Gasteiger partial charge in [-0.25, -0.2) is 0 Å². The smallest absolute Gasteiger partial charge is 0.256 e. The monoisotopic (exact) mass is 248 g/mol. The van der Waals surface area contributed by atoms with Crippen LogP contribution in [0.15, 0.2) is 18.2 Å². The van der Waals surface area contributed by atoms with Crippen LogP contribution in [0.2, 0.25) is 5.02 Å². The Balaban J connectivity index is 2.81. The van der Waals surface area contributed by atoms with Crippen molar-refractivity contribution in [2.75, 3.05) is 20.3 Å². The van der Waals surface area contributed by atoms with E-state index in [0.29, 0.717) is 24.0 Å². The minimum Gasteiger partial charge on any atom is -0.490 e. The number of hydrogen-bond donors (Lipinski definition) is 0. The first kappa shape index (κ1) is 12.3. The van der Waals surface area contributed by atoms with Crippen molar-refractivity contribution in [1.82, 2.24) is 0 Å². The van der Waals surface area contributed by atoms with Gasteiger partial charge in [0.15, 0.2) is 0 Å². The maximum Gasteiger partial charge on any atom is 0.256 e. The molecule has 0 spiro atoms. The molecule has 0 aliphatic carbocycles. The summed E-state index contributed by atoms with van der Waals surface area (Å²) in [6.45, 7) is 0.799. The minimum atomic E-state index is -0.593. The molecule has 0 aromatic heterocycles. The Bertz CT molecular complexity index is 353. The van der Waals surface area contributed by atoms with Crippen molar-refractivity contribution in [1.29, 1.82) is 0 Å². The first-order valence-corrected chi connectivity index (χ1v) is 5.02. The van der Waals surface area contributed by atoms with Gasteiger partial charge in [0.25, 0.3) is 5.24 Å². The highest BCUT2D eigenvalue weighted by Gasteiger charge is 2.10. The Morgan fingerprint density at radius 1 is 1.40 bits per heavy atom. The zero-order chi connectivity index (χ0) is 11.3. The van der Waals surface area contributed by atoms with Crippen LogP contribution in [0.1, 0.15) is 10.4 Å². The van der Waals surface area contributed by atoms with Crippen molar-refractivity contribution in [3.63, 3.8) is 0 Å². The first-order valence-electron chi connectivity index (χ1n) is 4.26. The van der Waals surface area contributed by atoms with Crippen LogP contribution in [0.4, 0.5) is 0 Å². The summed E-state index contributed by atoms with van der Waals surface area (Å²) in [5.41, 5.74) is 0.264. The second kappa shape index (κ2) is 5.95. The van der Waals surface area contributed by atoms with Crippen LogP contribution in [0, 0.1) is 0 Å². The van der Waals surface area contributed by atoms with E-state index in [1.54, 1.807) is 19.2 Å². The first-order chi connectivity index (χ1) is 7.15. The average Bonchev–Trinajstić information content (AvgIpc) is 2.20. The van der Waals surface area contributed by atoms with E-state index in [1.165, 1.54) is 6.07 Å². The SMILES string of the molecule is COCCOc1ccc(Cl)cc1C(=O)Cl. The highest BCUT2D eigenvalue weighted by molar-refractivity contribution is 6.68. The number of hydrogen-bond acceptors (Lipinski definition) is 3. The molecule has 1 aromatic rings. The van der Waals surface area contributed by atoms with E-state index in [2.05, 4.69) is 0 Å². The number of methoxy groups -OCH3 is 1. The van der Waals surface area contributed by atoms with Crippen LogP contribution in [-0.2, 0) is 4.74 Å². The largest absolute Gasteiger partial charge is 0.490 e. The second-order valence-electron chi connectivity index (χ2n) is 2.76. The van der Waals surface area contributed by atoms with Crippen molar-refractivity contribution >= 4 is 28.4 Å². The van der Waals surface area contributed by atoms with E-state index in [-0.39, 0.29) is 5.56 Å². The predicted molar refractivity (Wildman–Crippen MR) is 59.0 cm³/mol. The van der Waals surface area contributed by atoms with Gasteiger partial charge in [-0.05, 0) is 29.8 Å². The molecule has 0 atom stereocenters. The third kappa shape index (κ3) is 3.70. The summed E-state index contributed by atoms with van der Waals surface area (Å²) in [6, 6.07) is 4.71. The lowest BCUT2D eigenvalue weighted by Crippen LogP contribution is -2.06. The molecule has 0 saturated carbocycles. The zero-order valence-electron chi connectivity index (χ0n) is 8.13. The molecule has 82 valence electrons. The maximum atomic E-state index is 11.0. The molecule has 0 fully saturated rings. The van der Waals surface area contributed by atoms with E-state index in [4.69, 9.17) is 32.7 Å². The number of carbonyl (C=O) groups excluding carboxylic acids is 1. The van der Waals surface area contributed by atoms with Crippen LogP contribution < -0.4 is 4.74 Å². The fourth-order valence-electron chi connectivity index (χ4n) is 1.02. The van der Waals surface area contributed by atoms with Gasteiger partial charge < -0.3 is 9.47 Å². The third-order valence-electron chi connectivity index (χ3n) is 1.70. The Hall–Kier alpha value is -0.770. The molecule has 1 aromatic carbocycles. The van der Waals surface area contributed by atoms with Gasteiger partial charge in [-0.1, -0.05) is 11.6 Å². The zero-order valence-corrected chi connectivity index (χ0v) is 9.64. The lowest BCUT2D eigenvalue weighted by molar-refractivity contribution is 0.107. The topological polar surface area (TPSA) is 35.5 Å². The standard InChI is InChI=1S/C10H10Cl2O3/c1-14-4-5-15-9-3-2-7(11)6-8(9)10(12)13/h2-3,6H,4-5H2,1H3. The molecular weight excluding hydrogens is 239 g/mol. The van der Waals surface area contributed by atoms with E-state index >= 15 is 0 Å². The second-order valence-corrected chi connectivity index (χ2v) is 3.54. The van der Waals surface area contributed by atoms with Gasteiger partial charge in [0.1, 0.15) is 12.4 Å². The molecule has 0 N–H and O–H groups in total. The van der Waals surface area contributed by atoms with Gasteiger partial charge in [-0.15, -0.1) is 0 Å². The van der Waals surface area contributed by atoms with Gasteiger partial charge in [0.05, 0.1) is 12.2 Å². The lowest BCUT2D eigenvalue weighted by atomic mass is 10.2. The van der Waals surface area contributed by atoms with Crippen LogP contribution in [0.25, 0.3) is 0 Å². The van der Waals surface area contributed by atoms with Crippen molar-refractivity contribution in [2.24, 2.45) is 0 Å². The summed E-state index contributed by atoms with van der Waals surface area (Å²) in [4.78, 5) is 11.0. The Labute approximate surface area is 97.9 Å². The normalized spacial score (nSPS) is 10.1. The van der Waals surface area contributed by atoms with Crippen LogP contribution >= 0.6 is 23.2 Å². The molecule has 0 bridgehead atoms. The highest BCUT2D eigenvalue weighted by Crippen LogP contribution is 2.24. The highest BCUT2D eigenvalue weighted by atomic mass is 35.5. The summed E-state index contributed by atoms with van der Waals surface area (Å²) in [5.74, 6) is 0.413.